The molecule has 1 saturated heterocycles. The quantitative estimate of drug-likeness (QED) is 0.817. The Kier molecular flexibility index (Phi) is 6.35. The number of fused-ring (bicyclic) bond motifs is 1. The van der Waals surface area contributed by atoms with E-state index >= 15 is 0 Å². The minimum Gasteiger partial charge on any atom is -0.492 e. The number of hydrogen-bond acceptors (Lipinski definition) is 4. The monoisotopic (exact) mass is 393 g/mol. The Hall–Kier alpha value is -2.53. The molecular formula is C24H31N3O2. The first-order valence-electron chi connectivity index (χ1n) is 10.8. The maximum Gasteiger partial charge on any atom is 0.234 e. The van der Waals surface area contributed by atoms with Crippen molar-refractivity contribution in [2.45, 2.75) is 32.2 Å². The van der Waals surface area contributed by atoms with Crippen LogP contribution >= 0.6 is 0 Å². The predicted octanol–water partition coefficient (Wildman–Crippen LogP) is 3.40. The molecule has 1 heterocycles. The van der Waals surface area contributed by atoms with E-state index in [-0.39, 0.29) is 11.9 Å². The van der Waals surface area contributed by atoms with Gasteiger partial charge in [-0.25, -0.2) is 0 Å². The Morgan fingerprint density at radius 2 is 1.83 bits per heavy atom. The molecule has 0 aromatic heterocycles. The Labute approximate surface area is 173 Å². The maximum atomic E-state index is 12.7. The van der Waals surface area contributed by atoms with Crippen LogP contribution in [0.15, 0.2) is 48.5 Å². The van der Waals surface area contributed by atoms with E-state index in [2.05, 4.69) is 51.5 Å². The summed E-state index contributed by atoms with van der Waals surface area (Å²) in [6.45, 7) is 6.73. The molecule has 1 aliphatic carbocycles. The smallest absolute Gasteiger partial charge is 0.234 e. The van der Waals surface area contributed by atoms with Crippen molar-refractivity contribution in [1.82, 2.24) is 10.2 Å². The van der Waals surface area contributed by atoms with Gasteiger partial charge in [-0.2, -0.15) is 0 Å². The van der Waals surface area contributed by atoms with Crippen molar-refractivity contribution < 1.29 is 9.53 Å². The Morgan fingerprint density at radius 1 is 1.07 bits per heavy atom. The van der Waals surface area contributed by atoms with Crippen LogP contribution in [0.4, 0.5) is 5.69 Å². The Balaban J connectivity index is 1.30. The molecule has 29 heavy (non-hydrogen) atoms. The van der Waals surface area contributed by atoms with E-state index in [1.807, 2.05) is 19.1 Å². The molecule has 0 unspecified atom stereocenters. The van der Waals surface area contributed by atoms with E-state index < -0.39 is 0 Å². The first-order valence-corrected chi connectivity index (χ1v) is 10.8. The molecule has 1 fully saturated rings. The van der Waals surface area contributed by atoms with Crippen LogP contribution in [0.25, 0.3) is 0 Å². The summed E-state index contributed by atoms with van der Waals surface area (Å²) in [6.07, 6.45) is 3.29. The zero-order valence-corrected chi connectivity index (χ0v) is 17.3. The summed E-state index contributed by atoms with van der Waals surface area (Å²) in [6, 6.07) is 16.9. The minimum atomic E-state index is 0.134. The minimum absolute atomic E-state index is 0.134. The fourth-order valence-electron chi connectivity index (χ4n) is 4.49. The van der Waals surface area contributed by atoms with Crippen LogP contribution in [0.3, 0.4) is 0 Å². The van der Waals surface area contributed by atoms with Crippen LogP contribution in [0.2, 0.25) is 0 Å². The third kappa shape index (κ3) is 4.73. The average molecular weight is 394 g/mol. The zero-order valence-electron chi connectivity index (χ0n) is 17.3. The summed E-state index contributed by atoms with van der Waals surface area (Å²) in [5.41, 5.74) is 3.83. The summed E-state index contributed by atoms with van der Waals surface area (Å²) >= 11 is 0. The van der Waals surface area contributed by atoms with E-state index in [9.17, 15) is 4.79 Å². The van der Waals surface area contributed by atoms with E-state index in [1.165, 1.54) is 11.1 Å². The van der Waals surface area contributed by atoms with Crippen molar-refractivity contribution in [2.75, 3.05) is 44.2 Å². The van der Waals surface area contributed by atoms with Gasteiger partial charge in [0.2, 0.25) is 5.91 Å². The molecule has 5 nitrogen and oxygen atoms in total. The van der Waals surface area contributed by atoms with Gasteiger partial charge >= 0.3 is 0 Å². The highest BCUT2D eigenvalue weighted by atomic mass is 16.5. The number of anilines is 1. The maximum absolute atomic E-state index is 12.7. The number of benzene rings is 2. The SMILES string of the molecule is CCOc1ccccc1N1CCN(CC(=O)N[C@@H]2CCCc3ccccc32)CC1. The van der Waals surface area contributed by atoms with Gasteiger partial charge in [-0.1, -0.05) is 36.4 Å². The topological polar surface area (TPSA) is 44.8 Å². The fraction of sp³-hybridized carbons (Fsp3) is 0.458. The van der Waals surface area contributed by atoms with Crippen molar-refractivity contribution in [2.24, 2.45) is 0 Å². The molecule has 0 bridgehead atoms. The van der Waals surface area contributed by atoms with E-state index in [1.54, 1.807) is 0 Å². The fourth-order valence-corrected chi connectivity index (χ4v) is 4.49. The van der Waals surface area contributed by atoms with Crippen molar-refractivity contribution in [3.63, 3.8) is 0 Å². The van der Waals surface area contributed by atoms with Gasteiger partial charge in [0, 0.05) is 26.2 Å². The largest absolute Gasteiger partial charge is 0.492 e. The van der Waals surface area contributed by atoms with Crippen LogP contribution in [-0.4, -0.2) is 50.1 Å². The number of para-hydroxylation sites is 2. The van der Waals surface area contributed by atoms with Crippen molar-refractivity contribution in [3.8, 4) is 5.75 Å². The summed E-state index contributed by atoms with van der Waals surface area (Å²) < 4.78 is 5.78. The van der Waals surface area contributed by atoms with Crippen molar-refractivity contribution in [1.29, 1.82) is 0 Å². The first-order chi connectivity index (χ1) is 14.2. The molecule has 2 aromatic carbocycles. The number of amides is 1. The van der Waals surface area contributed by atoms with Crippen molar-refractivity contribution in [3.05, 3.63) is 59.7 Å². The second kappa shape index (κ2) is 9.31. The van der Waals surface area contributed by atoms with Crippen LogP contribution in [0.5, 0.6) is 5.75 Å². The molecule has 2 aliphatic rings. The lowest BCUT2D eigenvalue weighted by Crippen LogP contribution is -2.50. The highest BCUT2D eigenvalue weighted by Gasteiger charge is 2.24. The molecule has 154 valence electrons. The number of carbonyl (C=O) groups is 1. The third-order valence-corrected chi connectivity index (χ3v) is 5.95. The third-order valence-electron chi connectivity index (χ3n) is 5.95. The summed E-state index contributed by atoms with van der Waals surface area (Å²) in [4.78, 5) is 17.3. The van der Waals surface area contributed by atoms with Crippen LogP contribution in [0.1, 0.15) is 36.9 Å². The molecule has 2 aromatic rings. The number of rotatable bonds is 6. The number of ether oxygens (including phenoxy) is 1. The molecule has 0 spiro atoms. The Bertz CT molecular complexity index is 830. The van der Waals surface area contributed by atoms with Gasteiger partial charge in [0.1, 0.15) is 5.75 Å². The van der Waals surface area contributed by atoms with Gasteiger partial charge in [0.05, 0.1) is 24.9 Å². The van der Waals surface area contributed by atoms with E-state index in [0.29, 0.717) is 13.2 Å². The number of carbonyl (C=O) groups excluding carboxylic acids is 1. The van der Waals surface area contributed by atoms with Crippen LogP contribution in [0, 0.1) is 0 Å². The van der Waals surface area contributed by atoms with Gasteiger partial charge in [-0.3, -0.25) is 9.69 Å². The summed E-state index contributed by atoms with van der Waals surface area (Å²) in [5.74, 6) is 1.08. The number of hydrogen-bond donors (Lipinski definition) is 1. The lowest BCUT2D eigenvalue weighted by molar-refractivity contribution is -0.123. The lowest BCUT2D eigenvalue weighted by Gasteiger charge is -2.36. The van der Waals surface area contributed by atoms with Gasteiger partial charge in [0.15, 0.2) is 0 Å². The van der Waals surface area contributed by atoms with Gasteiger partial charge in [-0.15, -0.1) is 0 Å². The molecule has 1 N–H and O–H groups in total. The molecule has 4 rings (SSSR count). The van der Waals surface area contributed by atoms with Crippen LogP contribution in [-0.2, 0) is 11.2 Å². The number of piperazine rings is 1. The molecule has 0 radical (unpaired) electrons. The highest BCUT2D eigenvalue weighted by Crippen LogP contribution is 2.30. The van der Waals surface area contributed by atoms with Gasteiger partial charge < -0.3 is 15.0 Å². The highest BCUT2D eigenvalue weighted by molar-refractivity contribution is 5.78. The second-order valence-corrected chi connectivity index (χ2v) is 7.88. The normalized spacial score (nSPS) is 19.5. The summed E-state index contributed by atoms with van der Waals surface area (Å²) in [5, 5.41) is 3.28. The van der Waals surface area contributed by atoms with E-state index in [0.717, 1.165) is 56.9 Å². The van der Waals surface area contributed by atoms with Crippen LogP contribution < -0.4 is 15.0 Å². The second-order valence-electron chi connectivity index (χ2n) is 7.88. The molecule has 1 amide bonds. The molecule has 5 heteroatoms. The number of aryl methyl sites for hydroxylation is 1. The van der Waals surface area contributed by atoms with Gasteiger partial charge in [0.25, 0.3) is 0 Å². The molecule has 1 aliphatic heterocycles. The lowest BCUT2D eigenvalue weighted by atomic mass is 9.88. The number of nitrogens with one attached hydrogen (secondary N) is 1. The standard InChI is InChI=1S/C24H31N3O2/c1-2-29-23-13-6-5-12-22(23)27-16-14-26(15-17-27)18-24(28)25-21-11-7-9-19-8-3-4-10-20(19)21/h3-6,8,10,12-13,21H,2,7,9,11,14-18H2,1H3,(H,25,28)/t21-/m1/s1. The van der Waals surface area contributed by atoms with E-state index in [4.69, 9.17) is 4.74 Å². The zero-order chi connectivity index (χ0) is 20.1. The molecule has 1 atom stereocenters. The first kappa shape index (κ1) is 19.8. The van der Waals surface area contributed by atoms with Gasteiger partial charge in [-0.05, 0) is 49.4 Å². The number of nitrogens with zero attached hydrogens (tertiary/aromatic N) is 2. The molecular weight excluding hydrogens is 362 g/mol. The Morgan fingerprint density at radius 3 is 2.66 bits per heavy atom. The summed E-state index contributed by atoms with van der Waals surface area (Å²) in [7, 11) is 0. The molecule has 0 saturated carbocycles. The van der Waals surface area contributed by atoms with Crippen molar-refractivity contribution >= 4 is 11.6 Å². The predicted molar refractivity (Wildman–Crippen MR) is 117 cm³/mol. The average Bonchev–Trinajstić information content (AvgIpc) is 2.75.